The molecule has 17 heavy (non-hydrogen) atoms. The Hall–Kier alpha value is -1.30. The van der Waals surface area contributed by atoms with E-state index in [0.29, 0.717) is 18.8 Å². The van der Waals surface area contributed by atoms with Crippen LogP contribution in [0.25, 0.3) is 0 Å². The van der Waals surface area contributed by atoms with Crippen molar-refractivity contribution in [1.82, 2.24) is 4.90 Å². The average Bonchev–Trinajstić information content (AvgIpc) is 2.30. The van der Waals surface area contributed by atoms with Gasteiger partial charge in [0, 0.05) is 19.1 Å². The largest absolute Gasteiger partial charge is 0.504 e. The van der Waals surface area contributed by atoms with Crippen LogP contribution in [0.15, 0.2) is 18.2 Å². The molecule has 0 aliphatic carbocycles. The van der Waals surface area contributed by atoms with Crippen LogP contribution < -0.4 is 10.5 Å². The molecule has 0 heterocycles. The number of rotatable bonds is 6. The number of phenolic OH excluding ortho intramolecular Hbond substituents is 1. The van der Waals surface area contributed by atoms with Crippen molar-refractivity contribution in [1.29, 1.82) is 0 Å². The summed E-state index contributed by atoms with van der Waals surface area (Å²) in [6.45, 7) is 1.03. The van der Waals surface area contributed by atoms with Crippen LogP contribution in [0.2, 0.25) is 0 Å². The molecule has 4 N–H and O–H groups in total. The van der Waals surface area contributed by atoms with Gasteiger partial charge in [-0.1, -0.05) is 6.07 Å². The monoisotopic (exact) mass is 240 g/mol. The maximum atomic E-state index is 9.71. The standard InChI is InChI=1S/C12H20N2O3/c1-14(5-6-15)10(8-13)9-3-4-12(17-2)11(16)7-9/h3-4,7,10,15-16H,5-6,8,13H2,1-2H3. The zero-order valence-corrected chi connectivity index (χ0v) is 10.3. The summed E-state index contributed by atoms with van der Waals surface area (Å²) >= 11 is 0. The topological polar surface area (TPSA) is 79.0 Å². The quantitative estimate of drug-likeness (QED) is 0.667. The predicted octanol–water partition coefficient (Wildman–Crippen LogP) is 0.325. The van der Waals surface area contributed by atoms with Gasteiger partial charge in [-0.3, -0.25) is 4.90 Å². The Morgan fingerprint density at radius 2 is 2.18 bits per heavy atom. The molecular formula is C12H20N2O3. The highest BCUT2D eigenvalue weighted by Gasteiger charge is 2.16. The molecule has 0 aliphatic heterocycles. The van der Waals surface area contributed by atoms with Gasteiger partial charge in [0.2, 0.25) is 0 Å². The van der Waals surface area contributed by atoms with Crippen LogP contribution in [0.5, 0.6) is 11.5 Å². The lowest BCUT2D eigenvalue weighted by Crippen LogP contribution is -2.32. The van der Waals surface area contributed by atoms with E-state index in [9.17, 15) is 5.11 Å². The third-order valence-corrected chi connectivity index (χ3v) is 2.80. The van der Waals surface area contributed by atoms with Crippen LogP contribution in [0, 0.1) is 0 Å². The van der Waals surface area contributed by atoms with Crippen LogP contribution in [0.4, 0.5) is 0 Å². The Labute approximate surface area is 101 Å². The molecule has 0 saturated carbocycles. The molecular weight excluding hydrogens is 220 g/mol. The van der Waals surface area contributed by atoms with Gasteiger partial charge in [0.1, 0.15) is 0 Å². The van der Waals surface area contributed by atoms with Crippen molar-refractivity contribution < 1.29 is 14.9 Å². The van der Waals surface area contributed by atoms with Gasteiger partial charge in [-0.2, -0.15) is 0 Å². The van der Waals surface area contributed by atoms with Crippen molar-refractivity contribution in [2.75, 3.05) is 33.9 Å². The fourth-order valence-corrected chi connectivity index (χ4v) is 1.80. The molecule has 0 radical (unpaired) electrons. The van der Waals surface area contributed by atoms with Crippen molar-refractivity contribution in [3.63, 3.8) is 0 Å². The molecule has 1 atom stereocenters. The van der Waals surface area contributed by atoms with Gasteiger partial charge in [-0.05, 0) is 24.7 Å². The maximum absolute atomic E-state index is 9.71. The highest BCUT2D eigenvalue weighted by molar-refractivity contribution is 5.42. The van der Waals surface area contributed by atoms with Gasteiger partial charge in [0.05, 0.1) is 13.7 Å². The van der Waals surface area contributed by atoms with Crippen LogP contribution >= 0.6 is 0 Å². The fourth-order valence-electron chi connectivity index (χ4n) is 1.80. The van der Waals surface area contributed by atoms with E-state index in [1.54, 1.807) is 12.1 Å². The molecule has 0 aliphatic rings. The van der Waals surface area contributed by atoms with E-state index < -0.39 is 0 Å². The van der Waals surface area contributed by atoms with Crippen molar-refractivity contribution in [3.8, 4) is 11.5 Å². The number of phenols is 1. The summed E-state index contributed by atoms with van der Waals surface area (Å²) < 4.78 is 4.99. The summed E-state index contributed by atoms with van der Waals surface area (Å²) in [5.74, 6) is 0.537. The number of likely N-dealkylation sites (N-methyl/N-ethyl adjacent to an activating group) is 1. The zero-order valence-electron chi connectivity index (χ0n) is 10.3. The van der Waals surface area contributed by atoms with Gasteiger partial charge in [-0.15, -0.1) is 0 Å². The summed E-state index contributed by atoms with van der Waals surface area (Å²) in [6, 6.07) is 5.19. The SMILES string of the molecule is COc1ccc(C(CN)N(C)CCO)cc1O. The Morgan fingerprint density at radius 3 is 2.65 bits per heavy atom. The van der Waals surface area contributed by atoms with Gasteiger partial charge in [0.25, 0.3) is 0 Å². The second-order valence-electron chi connectivity index (χ2n) is 3.89. The first-order valence-corrected chi connectivity index (χ1v) is 5.52. The van der Waals surface area contributed by atoms with Gasteiger partial charge in [0.15, 0.2) is 11.5 Å². The summed E-state index contributed by atoms with van der Waals surface area (Å²) in [6.07, 6.45) is 0. The smallest absolute Gasteiger partial charge is 0.160 e. The Bertz CT molecular complexity index is 358. The number of benzene rings is 1. The Balaban J connectivity index is 2.92. The van der Waals surface area contributed by atoms with Gasteiger partial charge >= 0.3 is 0 Å². The van der Waals surface area contributed by atoms with E-state index >= 15 is 0 Å². The van der Waals surface area contributed by atoms with Gasteiger partial charge in [-0.25, -0.2) is 0 Å². The number of ether oxygens (including phenoxy) is 1. The highest BCUT2D eigenvalue weighted by Crippen LogP contribution is 2.30. The normalized spacial score (nSPS) is 12.8. The van der Waals surface area contributed by atoms with E-state index in [4.69, 9.17) is 15.6 Å². The molecule has 0 spiro atoms. The summed E-state index contributed by atoms with van der Waals surface area (Å²) in [5, 5.41) is 18.6. The first-order chi connectivity index (χ1) is 8.13. The maximum Gasteiger partial charge on any atom is 0.160 e. The molecule has 0 amide bonds. The van der Waals surface area contributed by atoms with E-state index in [-0.39, 0.29) is 18.4 Å². The number of nitrogens with two attached hydrogens (primary N) is 1. The summed E-state index contributed by atoms with van der Waals surface area (Å²) in [5.41, 5.74) is 6.62. The van der Waals surface area contributed by atoms with Crippen LogP contribution in [0.1, 0.15) is 11.6 Å². The van der Waals surface area contributed by atoms with Gasteiger partial charge < -0.3 is 20.7 Å². The molecule has 0 saturated heterocycles. The number of aliphatic hydroxyl groups excluding tert-OH is 1. The first kappa shape index (κ1) is 13.8. The molecule has 1 unspecified atom stereocenters. The van der Waals surface area contributed by atoms with E-state index in [1.165, 1.54) is 7.11 Å². The number of aliphatic hydroxyl groups is 1. The lowest BCUT2D eigenvalue weighted by molar-refractivity contribution is 0.183. The second kappa shape index (κ2) is 6.44. The molecule has 5 nitrogen and oxygen atoms in total. The lowest BCUT2D eigenvalue weighted by Gasteiger charge is -2.26. The Kier molecular flexibility index (Phi) is 5.21. The van der Waals surface area contributed by atoms with Crippen LogP contribution in [-0.4, -0.2) is 49.0 Å². The fraction of sp³-hybridized carbons (Fsp3) is 0.500. The number of nitrogens with zero attached hydrogens (tertiary/aromatic N) is 1. The molecule has 5 heteroatoms. The van der Waals surface area contributed by atoms with E-state index in [0.717, 1.165) is 5.56 Å². The van der Waals surface area contributed by atoms with Crippen LogP contribution in [-0.2, 0) is 0 Å². The predicted molar refractivity (Wildman–Crippen MR) is 66.2 cm³/mol. The molecule has 96 valence electrons. The first-order valence-electron chi connectivity index (χ1n) is 5.52. The lowest BCUT2D eigenvalue weighted by atomic mass is 10.1. The molecule has 0 aromatic heterocycles. The number of methoxy groups -OCH3 is 1. The Morgan fingerprint density at radius 1 is 1.47 bits per heavy atom. The molecule has 0 fully saturated rings. The third kappa shape index (κ3) is 3.33. The molecule has 0 bridgehead atoms. The van der Waals surface area contributed by atoms with Crippen LogP contribution in [0.3, 0.4) is 0 Å². The molecule has 1 rings (SSSR count). The molecule has 1 aromatic carbocycles. The van der Waals surface area contributed by atoms with Crippen molar-refractivity contribution >= 4 is 0 Å². The summed E-state index contributed by atoms with van der Waals surface area (Å²) in [7, 11) is 3.39. The zero-order chi connectivity index (χ0) is 12.8. The van der Waals surface area contributed by atoms with Crippen molar-refractivity contribution in [2.45, 2.75) is 6.04 Å². The minimum absolute atomic E-state index is 0.0287. The number of hydrogen-bond acceptors (Lipinski definition) is 5. The summed E-state index contributed by atoms with van der Waals surface area (Å²) in [4.78, 5) is 1.95. The third-order valence-electron chi connectivity index (χ3n) is 2.80. The van der Waals surface area contributed by atoms with E-state index in [1.807, 2.05) is 18.0 Å². The number of hydrogen-bond donors (Lipinski definition) is 3. The average molecular weight is 240 g/mol. The minimum atomic E-state index is -0.0287. The minimum Gasteiger partial charge on any atom is -0.504 e. The number of aromatic hydroxyl groups is 1. The van der Waals surface area contributed by atoms with E-state index in [2.05, 4.69) is 0 Å². The van der Waals surface area contributed by atoms with Crippen molar-refractivity contribution in [3.05, 3.63) is 23.8 Å². The highest BCUT2D eigenvalue weighted by atomic mass is 16.5. The van der Waals surface area contributed by atoms with Crippen molar-refractivity contribution in [2.24, 2.45) is 5.73 Å². The second-order valence-corrected chi connectivity index (χ2v) is 3.89. The molecule has 1 aromatic rings.